The number of nitrogens with one attached hydrogen (secondary N) is 2. The van der Waals surface area contributed by atoms with Gasteiger partial charge in [0.15, 0.2) is 11.5 Å². The molecule has 0 bridgehead atoms. The second-order valence-electron chi connectivity index (χ2n) is 5.40. The minimum absolute atomic E-state index is 0.134. The van der Waals surface area contributed by atoms with Gasteiger partial charge in [0.05, 0.1) is 26.9 Å². The third-order valence-electron chi connectivity index (χ3n) is 3.65. The molecule has 0 aliphatic heterocycles. The number of carbonyl (C=O) groups excluding carboxylic acids is 3. The highest BCUT2D eigenvalue weighted by atomic mass is 16.5. The first-order valence-electron chi connectivity index (χ1n) is 7.97. The number of amides is 2. The standard InChI is InChI=1S/C19H20N2O6/c1-25-15-8-7-12(9-16(15)26-2)11-20-17(22)18(23)21-14-6-4-5-13(10-14)19(24)27-3/h4-10H,11H2,1-3H3,(H,20,22)(H,21,23). The van der Waals surface area contributed by atoms with Crippen LogP contribution in [0.15, 0.2) is 42.5 Å². The van der Waals surface area contributed by atoms with Crippen LogP contribution in [0.1, 0.15) is 15.9 Å². The van der Waals surface area contributed by atoms with E-state index in [4.69, 9.17) is 9.47 Å². The number of hydrogen-bond donors (Lipinski definition) is 2. The molecular weight excluding hydrogens is 352 g/mol. The molecule has 27 heavy (non-hydrogen) atoms. The molecule has 0 aromatic heterocycles. The molecule has 2 rings (SSSR count). The Bertz CT molecular complexity index is 850. The summed E-state index contributed by atoms with van der Waals surface area (Å²) >= 11 is 0. The summed E-state index contributed by atoms with van der Waals surface area (Å²) < 4.78 is 15.0. The highest BCUT2D eigenvalue weighted by molar-refractivity contribution is 6.39. The van der Waals surface area contributed by atoms with Gasteiger partial charge in [0.25, 0.3) is 0 Å². The van der Waals surface area contributed by atoms with Crippen molar-refractivity contribution in [2.24, 2.45) is 0 Å². The Morgan fingerprint density at radius 3 is 2.30 bits per heavy atom. The number of esters is 1. The second kappa shape index (κ2) is 9.23. The predicted octanol–water partition coefficient (Wildman–Crippen LogP) is 1.75. The molecule has 2 aromatic rings. The van der Waals surface area contributed by atoms with E-state index in [2.05, 4.69) is 15.4 Å². The van der Waals surface area contributed by atoms with E-state index in [0.717, 1.165) is 5.56 Å². The average Bonchev–Trinajstić information content (AvgIpc) is 2.71. The summed E-state index contributed by atoms with van der Waals surface area (Å²) in [4.78, 5) is 35.5. The minimum Gasteiger partial charge on any atom is -0.493 e. The van der Waals surface area contributed by atoms with Crippen molar-refractivity contribution in [3.8, 4) is 11.5 Å². The lowest BCUT2D eigenvalue weighted by atomic mass is 10.2. The molecule has 8 heteroatoms. The molecule has 0 unspecified atom stereocenters. The van der Waals surface area contributed by atoms with Gasteiger partial charge in [0, 0.05) is 12.2 Å². The molecule has 142 valence electrons. The van der Waals surface area contributed by atoms with E-state index < -0.39 is 17.8 Å². The Balaban J connectivity index is 1.96. The predicted molar refractivity (Wildman–Crippen MR) is 97.8 cm³/mol. The lowest BCUT2D eigenvalue weighted by molar-refractivity contribution is -0.136. The van der Waals surface area contributed by atoms with Crippen molar-refractivity contribution >= 4 is 23.5 Å². The van der Waals surface area contributed by atoms with Gasteiger partial charge < -0.3 is 24.8 Å². The average molecular weight is 372 g/mol. The smallest absolute Gasteiger partial charge is 0.337 e. The van der Waals surface area contributed by atoms with Crippen molar-refractivity contribution in [3.05, 3.63) is 53.6 Å². The largest absolute Gasteiger partial charge is 0.493 e. The maximum Gasteiger partial charge on any atom is 0.337 e. The first kappa shape index (κ1) is 19.8. The first-order valence-corrected chi connectivity index (χ1v) is 7.97. The van der Waals surface area contributed by atoms with Crippen molar-refractivity contribution in [2.45, 2.75) is 6.54 Å². The third kappa shape index (κ3) is 5.21. The molecule has 2 aromatic carbocycles. The van der Waals surface area contributed by atoms with Crippen LogP contribution >= 0.6 is 0 Å². The number of methoxy groups -OCH3 is 3. The minimum atomic E-state index is -0.850. The Morgan fingerprint density at radius 1 is 0.889 bits per heavy atom. The van der Waals surface area contributed by atoms with Gasteiger partial charge in [-0.3, -0.25) is 9.59 Å². The zero-order valence-corrected chi connectivity index (χ0v) is 15.2. The zero-order valence-electron chi connectivity index (χ0n) is 15.2. The molecule has 2 amide bonds. The number of hydrogen-bond acceptors (Lipinski definition) is 6. The molecule has 0 heterocycles. The van der Waals surface area contributed by atoms with Gasteiger partial charge in [-0.15, -0.1) is 0 Å². The summed E-state index contributed by atoms with van der Waals surface area (Å²) in [5.41, 5.74) is 1.31. The van der Waals surface area contributed by atoms with E-state index in [9.17, 15) is 14.4 Å². The zero-order chi connectivity index (χ0) is 19.8. The van der Waals surface area contributed by atoms with E-state index in [-0.39, 0.29) is 12.1 Å². The van der Waals surface area contributed by atoms with Crippen molar-refractivity contribution in [3.63, 3.8) is 0 Å². The van der Waals surface area contributed by atoms with Crippen molar-refractivity contribution < 1.29 is 28.6 Å². The molecule has 0 aliphatic rings. The van der Waals surface area contributed by atoms with Crippen molar-refractivity contribution in [2.75, 3.05) is 26.6 Å². The van der Waals surface area contributed by atoms with E-state index in [1.807, 2.05) is 0 Å². The van der Waals surface area contributed by atoms with Gasteiger partial charge in [-0.05, 0) is 35.9 Å². The molecule has 0 atom stereocenters. The van der Waals surface area contributed by atoms with Gasteiger partial charge in [0.2, 0.25) is 0 Å². The van der Waals surface area contributed by atoms with Crippen LogP contribution in [0.4, 0.5) is 5.69 Å². The van der Waals surface area contributed by atoms with Gasteiger partial charge >= 0.3 is 17.8 Å². The van der Waals surface area contributed by atoms with Crippen LogP contribution in [0.2, 0.25) is 0 Å². The second-order valence-corrected chi connectivity index (χ2v) is 5.40. The van der Waals surface area contributed by atoms with Crippen LogP contribution in [0, 0.1) is 0 Å². The van der Waals surface area contributed by atoms with Crippen LogP contribution < -0.4 is 20.1 Å². The summed E-state index contributed by atoms with van der Waals surface area (Å²) in [6.07, 6.45) is 0. The lowest BCUT2D eigenvalue weighted by Crippen LogP contribution is -2.35. The van der Waals surface area contributed by atoms with Crippen molar-refractivity contribution in [1.82, 2.24) is 5.32 Å². The Kier molecular flexibility index (Phi) is 6.76. The maximum atomic E-state index is 12.0. The van der Waals surface area contributed by atoms with Gasteiger partial charge in [-0.2, -0.15) is 0 Å². The Morgan fingerprint density at radius 2 is 1.63 bits per heavy atom. The first-order chi connectivity index (χ1) is 13.0. The molecule has 0 aliphatic carbocycles. The number of anilines is 1. The Labute approximate surface area is 156 Å². The normalized spacial score (nSPS) is 9.89. The lowest BCUT2D eigenvalue weighted by Gasteiger charge is -2.10. The maximum absolute atomic E-state index is 12.0. The van der Waals surface area contributed by atoms with Crippen molar-refractivity contribution in [1.29, 1.82) is 0 Å². The highest BCUT2D eigenvalue weighted by Gasteiger charge is 2.15. The van der Waals surface area contributed by atoms with E-state index in [1.54, 1.807) is 36.4 Å². The van der Waals surface area contributed by atoms with E-state index in [0.29, 0.717) is 17.2 Å². The van der Waals surface area contributed by atoms with Crippen LogP contribution in [-0.2, 0) is 20.9 Å². The fourth-order valence-corrected chi connectivity index (χ4v) is 2.28. The molecule has 0 radical (unpaired) electrons. The van der Waals surface area contributed by atoms with Gasteiger partial charge in [-0.25, -0.2) is 4.79 Å². The molecule has 0 saturated carbocycles. The highest BCUT2D eigenvalue weighted by Crippen LogP contribution is 2.27. The quantitative estimate of drug-likeness (QED) is 0.591. The summed E-state index contributed by atoms with van der Waals surface area (Å²) in [6, 6.07) is 11.3. The third-order valence-corrected chi connectivity index (χ3v) is 3.65. The molecular formula is C19H20N2O6. The summed E-state index contributed by atoms with van der Waals surface area (Å²) in [7, 11) is 4.30. The number of rotatable bonds is 6. The monoisotopic (exact) mass is 372 g/mol. The molecule has 8 nitrogen and oxygen atoms in total. The van der Waals surface area contributed by atoms with E-state index in [1.165, 1.54) is 27.4 Å². The summed E-state index contributed by atoms with van der Waals surface area (Å²) in [5, 5.41) is 4.95. The molecule has 0 spiro atoms. The summed E-state index contributed by atoms with van der Waals surface area (Å²) in [6.45, 7) is 0.134. The SMILES string of the molecule is COC(=O)c1cccc(NC(=O)C(=O)NCc2ccc(OC)c(OC)c2)c1. The van der Waals surface area contributed by atoms with Crippen LogP contribution in [0.3, 0.4) is 0 Å². The van der Waals surface area contributed by atoms with Crippen LogP contribution in [-0.4, -0.2) is 39.1 Å². The molecule has 0 fully saturated rings. The fraction of sp³-hybridized carbons (Fsp3) is 0.211. The fourth-order valence-electron chi connectivity index (χ4n) is 2.28. The van der Waals surface area contributed by atoms with Crippen LogP contribution in [0.5, 0.6) is 11.5 Å². The molecule has 0 saturated heterocycles. The number of benzene rings is 2. The topological polar surface area (TPSA) is 103 Å². The van der Waals surface area contributed by atoms with E-state index >= 15 is 0 Å². The number of carbonyl (C=O) groups is 3. The molecule has 2 N–H and O–H groups in total. The van der Waals surface area contributed by atoms with Gasteiger partial charge in [0.1, 0.15) is 0 Å². The van der Waals surface area contributed by atoms with Gasteiger partial charge in [-0.1, -0.05) is 12.1 Å². The van der Waals surface area contributed by atoms with Crippen LogP contribution in [0.25, 0.3) is 0 Å². The Hall–Kier alpha value is -3.55. The summed E-state index contributed by atoms with van der Waals surface area (Å²) in [5.74, 6) is -1.11. The number of ether oxygens (including phenoxy) is 3.